The molecule has 3 nitrogen and oxygen atoms in total. The number of benzene rings is 1. The van der Waals surface area contributed by atoms with Gasteiger partial charge < -0.3 is 5.11 Å². The topological polar surface area (TPSA) is 46.0 Å². The summed E-state index contributed by atoms with van der Waals surface area (Å²) in [5.41, 5.74) is 2.05. The molecule has 86 valence electrons. The molecule has 0 radical (unpaired) electrons. The Balaban J connectivity index is 2.28. The van der Waals surface area contributed by atoms with E-state index in [4.69, 9.17) is 5.11 Å². The summed E-state index contributed by atoms with van der Waals surface area (Å²) in [5, 5.41) is 16.3. The fourth-order valence-corrected chi connectivity index (χ4v) is 1.45. The first kappa shape index (κ1) is 11.4. The van der Waals surface area contributed by atoms with Gasteiger partial charge in [0.25, 0.3) is 0 Å². The van der Waals surface area contributed by atoms with Crippen molar-refractivity contribution in [1.82, 2.24) is 10.2 Å². The smallest absolute Gasteiger partial charge is 0.128 e. The molecule has 0 fully saturated rings. The number of hydrogen-bond acceptors (Lipinski definition) is 3. The zero-order valence-corrected chi connectivity index (χ0v) is 9.05. The Labute approximate surface area is 98.3 Å². The molecule has 4 heteroatoms. The number of aliphatic hydroxyl groups excluding tert-OH is 1. The fraction of sp³-hybridized carbons (Fsp3) is 0.0769. The van der Waals surface area contributed by atoms with E-state index < -0.39 is 5.83 Å². The monoisotopic (exact) mass is 230 g/mol. The van der Waals surface area contributed by atoms with Crippen molar-refractivity contribution in [3.8, 4) is 11.3 Å². The molecule has 0 aliphatic rings. The third kappa shape index (κ3) is 2.73. The maximum absolute atomic E-state index is 13.3. The lowest BCUT2D eigenvalue weighted by molar-refractivity contribution is 0.342. The van der Waals surface area contributed by atoms with Crippen molar-refractivity contribution < 1.29 is 9.50 Å². The zero-order chi connectivity index (χ0) is 12.1. The van der Waals surface area contributed by atoms with E-state index in [0.29, 0.717) is 5.56 Å². The molecule has 0 atom stereocenters. The van der Waals surface area contributed by atoms with Gasteiger partial charge in [0.05, 0.1) is 12.3 Å². The van der Waals surface area contributed by atoms with Gasteiger partial charge in [0.15, 0.2) is 0 Å². The summed E-state index contributed by atoms with van der Waals surface area (Å²) in [6.07, 6.45) is 2.72. The summed E-state index contributed by atoms with van der Waals surface area (Å²) in [6, 6.07) is 10.5. The molecule has 2 rings (SSSR count). The van der Waals surface area contributed by atoms with Gasteiger partial charge in [0, 0.05) is 17.3 Å². The molecule has 2 aromatic rings. The average molecular weight is 230 g/mol. The van der Waals surface area contributed by atoms with Gasteiger partial charge in [-0.15, -0.1) is 0 Å². The maximum atomic E-state index is 13.3. The van der Waals surface area contributed by atoms with Gasteiger partial charge in [-0.3, -0.25) is 0 Å². The van der Waals surface area contributed by atoms with Crippen LogP contribution in [-0.2, 0) is 0 Å². The van der Waals surface area contributed by atoms with E-state index in [1.165, 1.54) is 0 Å². The summed E-state index contributed by atoms with van der Waals surface area (Å²) in [7, 11) is 0. The van der Waals surface area contributed by atoms with Crippen molar-refractivity contribution in [3.05, 3.63) is 54.2 Å². The average Bonchev–Trinajstić information content (AvgIpc) is 2.40. The van der Waals surface area contributed by atoms with E-state index in [2.05, 4.69) is 10.2 Å². The van der Waals surface area contributed by atoms with Gasteiger partial charge in [0.2, 0.25) is 0 Å². The molecule has 0 unspecified atom stereocenters. The highest BCUT2D eigenvalue weighted by molar-refractivity contribution is 5.65. The van der Waals surface area contributed by atoms with E-state index in [-0.39, 0.29) is 6.61 Å². The second kappa shape index (κ2) is 5.32. The largest absolute Gasteiger partial charge is 0.392 e. The quantitative estimate of drug-likeness (QED) is 0.880. The standard InChI is InChI=1S/C13H11FN2O/c14-12(7-9-17)10-3-5-11(6-4-10)13-2-1-8-15-16-13/h1-8,17H,9H2/b12-7-. The van der Waals surface area contributed by atoms with Crippen LogP contribution in [0.2, 0.25) is 0 Å². The van der Waals surface area contributed by atoms with Crippen molar-refractivity contribution in [1.29, 1.82) is 0 Å². The van der Waals surface area contributed by atoms with Crippen LogP contribution < -0.4 is 0 Å². The Morgan fingerprint density at radius 3 is 2.59 bits per heavy atom. The van der Waals surface area contributed by atoms with E-state index in [1.54, 1.807) is 36.5 Å². The van der Waals surface area contributed by atoms with Crippen molar-refractivity contribution in [3.63, 3.8) is 0 Å². The van der Waals surface area contributed by atoms with Crippen molar-refractivity contribution >= 4 is 5.83 Å². The fourth-order valence-electron chi connectivity index (χ4n) is 1.45. The lowest BCUT2D eigenvalue weighted by atomic mass is 10.1. The van der Waals surface area contributed by atoms with Gasteiger partial charge in [-0.25, -0.2) is 4.39 Å². The third-order valence-corrected chi connectivity index (χ3v) is 2.30. The lowest BCUT2D eigenvalue weighted by Crippen LogP contribution is -1.86. The van der Waals surface area contributed by atoms with Crippen molar-refractivity contribution in [2.24, 2.45) is 0 Å². The minimum atomic E-state index is -0.432. The summed E-state index contributed by atoms with van der Waals surface area (Å²) in [5.74, 6) is -0.432. The van der Waals surface area contributed by atoms with E-state index in [9.17, 15) is 4.39 Å². The minimum Gasteiger partial charge on any atom is -0.392 e. The molecule has 0 spiro atoms. The first-order valence-electron chi connectivity index (χ1n) is 5.16. The lowest BCUT2D eigenvalue weighted by Gasteiger charge is -2.01. The van der Waals surface area contributed by atoms with E-state index in [1.807, 2.05) is 6.07 Å². The normalized spacial score (nSPS) is 11.5. The highest BCUT2D eigenvalue weighted by atomic mass is 19.1. The predicted octanol–water partition coefficient (Wildman–Crippen LogP) is 2.45. The summed E-state index contributed by atoms with van der Waals surface area (Å²) in [6.45, 7) is -0.308. The minimum absolute atomic E-state index is 0.308. The van der Waals surface area contributed by atoms with Crippen LogP contribution in [0, 0.1) is 0 Å². The molecule has 0 saturated heterocycles. The van der Waals surface area contributed by atoms with Crippen LogP contribution in [0.15, 0.2) is 48.7 Å². The van der Waals surface area contributed by atoms with Crippen LogP contribution in [0.4, 0.5) is 4.39 Å². The first-order valence-corrected chi connectivity index (χ1v) is 5.16. The van der Waals surface area contributed by atoms with Crippen LogP contribution in [0.5, 0.6) is 0 Å². The number of aromatic nitrogens is 2. The highest BCUT2D eigenvalue weighted by Crippen LogP contribution is 2.20. The number of aliphatic hydroxyl groups is 1. The molecule has 1 N–H and O–H groups in total. The summed E-state index contributed by atoms with van der Waals surface area (Å²) >= 11 is 0. The molecule has 17 heavy (non-hydrogen) atoms. The Morgan fingerprint density at radius 2 is 2.00 bits per heavy atom. The Hall–Kier alpha value is -2.07. The summed E-state index contributed by atoms with van der Waals surface area (Å²) in [4.78, 5) is 0. The highest BCUT2D eigenvalue weighted by Gasteiger charge is 2.02. The van der Waals surface area contributed by atoms with Crippen LogP contribution >= 0.6 is 0 Å². The van der Waals surface area contributed by atoms with E-state index in [0.717, 1.165) is 17.3 Å². The molecule has 0 saturated carbocycles. The Morgan fingerprint density at radius 1 is 1.24 bits per heavy atom. The molecule has 1 aromatic carbocycles. The van der Waals surface area contributed by atoms with Crippen LogP contribution in [0.1, 0.15) is 5.56 Å². The van der Waals surface area contributed by atoms with Gasteiger partial charge in [-0.05, 0) is 18.2 Å². The second-order valence-corrected chi connectivity index (χ2v) is 3.42. The van der Waals surface area contributed by atoms with Crippen molar-refractivity contribution in [2.75, 3.05) is 6.61 Å². The predicted molar refractivity (Wildman–Crippen MR) is 63.6 cm³/mol. The van der Waals surface area contributed by atoms with E-state index >= 15 is 0 Å². The molecule has 0 aliphatic heterocycles. The van der Waals surface area contributed by atoms with Crippen LogP contribution in [-0.4, -0.2) is 21.9 Å². The van der Waals surface area contributed by atoms with Gasteiger partial charge in [0.1, 0.15) is 5.83 Å². The second-order valence-electron chi connectivity index (χ2n) is 3.42. The number of rotatable bonds is 3. The van der Waals surface area contributed by atoms with Gasteiger partial charge in [-0.1, -0.05) is 24.3 Å². The first-order chi connectivity index (χ1) is 8.31. The molecular formula is C13H11FN2O. The Bertz CT molecular complexity index is 509. The molecular weight excluding hydrogens is 219 g/mol. The Kier molecular flexibility index (Phi) is 3.57. The number of hydrogen-bond donors (Lipinski definition) is 1. The molecule has 0 aliphatic carbocycles. The molecule has 0 amide bonds. The van der Waals surface area contributed by atoms with Gasteiger partial charge >= 0.3 is 0 Å². The third-order valence-electron chi connectivity index (χ3n) is 2.30. The molecule has 1 heterocycles. The summed E-state index contributed by atoms with van der Waals surface area (Å²) < 4.78 is 13.3. The zero-order valence-electron chi connectivity index (χ0n) is 9.05. The molecule has 1 aromatic heterocycles. The SMILES string of the molecule is OC/C=C(\F)c1ccc(-c2cccnn2)cc1. The maximum Gasteiger partial charge on any atom is 0.128 e. The molecule has 0 bridgehead atoms. The van der Waals surface area contributed by atoms with Gasteiger partial charge in [-0.2, -0.15) is 10.2 Å². The van der Waals surface area contributed by atoms with Crippen LogP contribution in [0.3, 0.4) is 0 Å². The number of halogens is 1. The van der Waals surface area contributed by atoms with Crippen molar-refractivity contribution in [2.45, 2.75) is 0 Å². The van der Waals surface area contributed by atoms with Crippen LogP contribution in [0.25, 0.3) is 17.1 Å². The number of nitrogens with zero attached hydrogens (tertiary/aromatic N) is 2.